The number of aliphatic hydroxyl groups is 1. The number of β-amino-alcohol motifs (C(OH)–C–C–N with tert-alkyl or cyclic N) is 1. The summed E-state index contributed by atoms with van der Waals surface area (Å²) < 4.78 is 10.0. The van der Waals surface area contributed by atoms with Gasteiger partial charge < -0.3 is 25.0 Å². The van der Waals surface area contributed by atoms with Crippen LogP contribution in [0.15, 0.2) is 10.6 Å². The Kier molecular flexibility index (Phi) is 4.92. The lowest BCUT2D eigenvalue weighted by atomic mass is 10.0. The highest BCUT2D eigenvalue weighted by Gasteiger charge is 2.34. The standard InChI is InChI=1S/C13H19N3O5/c1-8-2-10(21-15-8)3-9-4-16(5-11(9)17)13(19)7-20-6-12(14)18/h2,9,11,17H,3-7H2,1H3,(H2,14,18)/t9-,11+/m1/s1. The van der Waals surface area contributed by atoms with Gasteiger partial charge in [0.05, 0.1) is 11.8 Å². The number of nitrogens with zero attached hydrogens (tertiary/aromatic N) is 2. The van der Waals surface area contributed by atoms with Crippen molar-refractivity contribution in [2.24, 2.45) is 11.7 Å². The molecule has 1 saturated heterocycles. The number of carbonyl (C=O) groups excluding carboxylic acids is 2. The minimum Gasteiger partial charge on any atom is -0.391 e. The molecule has 8 nitrogen and oxygen atoms in total. The van der Waals surface area contributed by atoms with Crippen LogP contribution in [0.5, 0.6) is 0 Å². The Balaban J connectivity index is 1.82. The Labute approximate surface area is 121 Å². The zero-order valence-corrected chi connectivity index (χ0v) is 11.8. The minimum atomic E-state index is -0.622. The maximum Gasteiger partial charge on any atom is 0.248 e. The van der Waals surface area contributed by atoms with E-state index < -0.39 is 12.0 Å². The van der Waals surface area contributed by atoms with Crippen LogP contribution in [0.3, 0.4) is 0 Å². The van der Waals surface area contributed by atoms with Gasteiger partial charge in [-0.15, -0.1) is 0 Å². The fraction of sp³-hybridized carbons (Fsp3) is 0.615. The number of hydrogen-bond donors (Lipinski definition) is 2. The molecule has 1 aromatic rings. The van der Waals surface area contributed by atoms with Crippen LogP contribution in [0.2, 0.25) is 0 Å². The molecule has 1 aliphatic rings. The molecular formula is C13H19N3O5. The Bertz CT molecular complexity index is 516. The molecule has 8 heteroatoms. The third-order valence-electron chi connectivity index (χ3n) is 3.37. The Morgan fingerprint density at radius 1 is 1.52 bits per heavy atom. The number of aliphatic hydroxyl groups excluding tert-OH is 1. The molecule has 0 unspecified atom stereocenters. The van der Waals surface area contributed by atoms with Crippen LogP contribution in [0, 0.1) is 12.8 Å². The fourth-order valence-corrected chi connectivity index (χ4v) is 2.36. The van der Waals surface area contributed by atoms with Crippen LogP contribution < -0.4 is 5.73 Å². The molecule has 0 saturated carbocycles. The molecule has 0 aliphatic carbocycles. The van der Waals surface area contributed by atoms with Crippen molar-refractivity contribution in [1.82, 2.24) is 10.1 Å². The maximum atomic E-state index is 11.9. The average Bonchev–Trinajstić information content (AvgIpc) is 2.97. The monoisotopic (exact) mass is 297 g/mol. The number of aryl methyl sites for hydroxylation is 1. The number of ether oxygens (including phenoxy) is 1. The average molecular weight is 297 g/mol. The van der Waals surface area contributed by atoms with Crippen molar-refractivity contribution in [3.05, 3.63) is 17.5 Å². The second-order valence-corrected chi connectivity index (χ2v) is 5.22. The smallest absolute Gasteiger partial charge is 0.248 e. The summed E-state index contributed by atoms with van der Waals surface area (Å²) in [6, 6.07) is 1.81. The summed E-state index contributed by atoms with van der Waals surface area (Å²) in [5.41, 5.74) is 5.70. The summed E-state index contributed by atoms with van der Waals surface area (Å²) >= 11 is 0. The van der Waals surface area contributed by atoms with Gasteiger partial charge in [-0.1, -0.05) is 5.16 Å². The van der Waals surface area contributed by atoms with Gasteiger partial charge in [0.1, 0.15) is 19.0 Å². The highest BCUT2D eigenvalue weighted by Crippen LogP contribution is 2.22. The number of carbonyl (C=O) groups is 2. The molecule has 0 bridgehead atoms. The van der Waals surface area contributed by atoms with Crippen molar-refractivity contribution in [3.8, 4) is 0 Å². The zero-order chi connectivity index (χ0) is 15.4. The van der Waals surface area contributed by atoms with Gasteiger partial charge in [-0.25, -0.2) is 0 Å². The lowest BCUT2D eigenvalue weighted by Gasteiger charge is -2.15. The Morgan fingerprint density at radius 2 is 2.29 bits per heavy atom. The third-order valence-corrected chi connectivity index (χ3v) is 3.37. The van der Waals surface area contributed by atoms with Gasteiger partial charge in [0.25, 0.3) is 0 Å². The number of rotatable bonds is 6. The number of aromatic nitrogens is 1. The van der Waals surface area contributed by atoms with Crippen molar-refractivity contribution in [2.75, 3.05) is 26.3 Å². The van der Waals surface area contributed by atoms with Crippen LogP contribution in [0.1, 0.15) is 11.5 Å². The van der Waals surface area contributed by atoms with E-state index in [0.717, 1.165) is 5.69 Å². The van der Waals surface area contributed by atoms with Crippen LogP contribution >= 0.6 is 0 Å². The van der Waals surface area contributed by atoms with E-state index in [4.69, 9.17) is 15.0 Å². The van der Waals surface area contributed by atoms with Gasteiger partial charge in [0.2, 0.25) is 11.8 Å². The first-order valence-electron chi connectivity index (χ1n) is 6.69. The fourth-order valence-electron chi connectivity index (χ4n) is 2.36. The van der Waals surface area contributed by atoms with Crippen molar-refractivity contribution in [3.63, 3.8) is 0 Å². The first-order chi connectivity index (χ1) is 9.95. The van der Waals surface area contributed by atoms with Gasteiger partial charge in [0, 0.05) is 31.5 Å². The first-order valence-corrected chi connectivity index (χ1v) is 6.69. The van der Waals surface area contributed by atoms with Gasteiger partial charge in [-0.05, 0) is 6.92 Å². The molecular weight excluding hydrogens is 278 g/mol. The van der Waals surface area contributed by atoms with Crippen LogP contribution in [-0.4, -0.2) is 59.4 Å². The summed E-state index contributed by atoms with van der Waals surface area (Å²) in [5, 5.41) is 13.8. The molecule has 1 aromatic heterocycles. The van der Waals surface area contributed by atoms with Crippen LogP contribution in [0.25, 0.3) is 0 Å². The summed E-state index contributed by atoms with van der Waals surface area (Å²) in [6.45, 7) is 1.98. The number of primary amides is 1. The number of likely N-dealkylation sites (tertiary alicyclic amines) is 1. The minimum absolute atomic E-state index is 0.0996. The SMILES string of the molecule is Cc1cc(C[C@@H]2CN(C(=O)COCC(N)=O)C[C@@H]2O)on1. The van der Waals surface area contributed by atoms with E-state index in [9.17, 15) is 14.7 Å². The summed E-state index contributed by atoms with van der Waals surface area (Å²) in [4.78, 5) is 23.9. The predicted molar refractivity (Wildman–Crippen MR) is 71.0 cm³/mol. The normalized spacial score (nSPS) is 21.7. The lowest BCUT2D eigenvalue weighted by Crippen LogP contribution is -2.34. The molecule has 2 amide bonds. The molecule has 0 spiro atoms. The van der Waals surface area contributed by atoms with E-state index in [1.165, 1.54) is 4.90 Å². The van der Waals surface area contributed by atoms with E-state index in [1.54, 1.807) is 0 Å². The van der Waals surface area contributed by atoms with Gasteiger partial charge in [0.15, 0.2) is 0 Å². The molecule has 2 rings (SSSR count). The molecule has 2 atom stereocenters. The summed E-state index contributed by atoms with van der Waals surface area (Å²) in [7, 11) is 0. The Hall–Kier alpha value is -1.93. The molecule has 3 N–H and O–H groups in total. The Morgan fingerprint density at radius 3 is 2.90 bits per heavy atom. The summed E-state index contributed by atoms with van der Waals surface area (Å²) in [6.07, 6.45) is -0.0935. The second-order valence-electron chi connectivity index (χ2n) is 5.22. The summed E-state index contributed by atoms with van der Waals surface area (Å²) in [5.74, 6) is -0.303. The van der Waals surface area contributed by atoms with E-state index in [1.807, 2.05) is 13.0 Å². The van der Waals surface area contributed by atoms with Gasteiger partial charge in [-0.3, -0.25) is 9.59 Å². The predicted octanol–water partition coefficient (Wildman–Crippen LogP) is -1.15. The van der Waals surface area contributed by atoms with E-state index in [2.05, 4.69) is 5.16 Å². The molecule has 21 heavy (non-hydrogen) atoms. The quantitative estimate of drug-likeness (QED) is 0.684. The van der Waals surface area contributed by atoms with Crippen molar-refractivity contribution in [2.45, 2.75) is 19.4 Å². The number of hydrogen-bond acceptors (Lipinski definition) is 6. The largest absolute Gasteiger partial charge is 0.391 e. The third kappa shape index (κ3) is 4.27. The maximum absolute atomic E-state index is 11.9. The molecule has 1 aliphatic heterocycles. The van der Waals surface area contributed by atoms with E-state index >= 15 is 0 Å². The van der Waals surface area contributed by atoms with Crippen LogP contribution in [-0.2, 0) is 20.7 Å². The van der Waals surface area contributed by atoms with E-state index in [0.29, 0.717) is 18.7 Å². The first kappa shape index (κ1) is 15.5. The van der Waals surface area contributed by atoms with Crippen molar-refractivity contribution >= 4 is 11.8 Å². The van der Waals surface area contributed by atoms with Gasteiger partial charge in [-0.2, -0.15) is 0 Å². The second kappa shape index (κ2) is 6.68. The van der Waals surface area contributed by atoms with E-state index in [-0.39, 0.29) is 31.6 Å². The highest BCUT2D eigenvalue weighted by atomic mass is 16.5. The van der Waals surface area contributed by atoms with Crippen LogP contribution in [0.4, 0.5) is 0 Å². The van der Waals surface area contributed by atoms with Gasteiger partial charge >= 0.3 is 0 Å². The lowest BCUT2D eigenvalue weighted by molar-refractivity contribution is -0.137. The molecule has 2 heterocycles. The van der Waals surface area contributed by atoms with Crippen molar-refractivity contribution in [1.29, 1.82) is 0 Å². The molecule has 116 valence electrons. The molecule has 0 aromatic carbocycles. The number of amides is 2. The molecule has 0 radical (unpaired) electrons. The zero-order valence-electron chi connectivity index (χ0n) is 11.8. The topological polar surface area (TPSA) is 119 Å². The van der Waals surface area contributed by atoms with Crippen molar-refractivity contribution < 1.29 is 24.0 Å². The number of nitrogens with two attached hydrogens (primary N) is 1. The highest BCUT2D eigenvalue weighted by molar-refractivity contribution is 5.79. The molecule has 1 fully saturated rings.